The Balaban J connectivity index is 3.78. The van der Waals surface area contributed by atoms with Crippen molar-refractivity contribution in [3.63, 3.8) is 0 Å². The van der Waals surface area contributed by atoms with Crippen molar-refractivity contribution >= 4 is 0 Å². The highest BCUT2D eigenvalue weighted by Crippen LogP contribution is 2.13. The van der Waals surface area contributed by atoms with E-state index < -0.39 is 0 Å². The summed E-state index contributed by atoms with van der Waals surface area (Å²) in [7, 11) is 0. The summed E-state index contributed by atoms with van der Waals surface area (Å²) in [5.41, 5.74) is 0. The zero-order valence-electron chi connectivity index (χ0n) is 16.1. The minimum absolute atomic E-state index is 1.30. The fourth-order valence-electron chi connectivity index (χ4n) is 3.72. The van der Waals surface area contributed by atoms with Crippen LogP contribution in [0.2, 0.25) is 0 Å². The highest BCUT2D eigenvalue weighted by molar-refractivity contribution is 4.48. The van der Waals surface area contributed by atoms with E-state index in [4.69, 9.17) is 0 Å². The Morgan fingerprint density at radius 1 is 0.381 bits per heavy atom. The van der Waals surface area contributed by atoms with Gasteiger partial charge in [0.2, 0.25) is 0 Å². The summed E-state index contributed by atoms with van der Waals surface area (Å²) >= 11 is 0. The van der Waals surface area contributed by atoms with Gasteiger partial charge in [0.15, 0.2) is 0 Å². The molecule has 0 bridgehead atoms. The second-order valence-electron chi connectivity index (χ2n) is 6.80. The largest absolute Gasteiger partial charge is 0.324 e. The molecule has 0 aliphatic heterocycles. The second-order valence-corrected chi connectivity index (χ2v) is 6.80. The van der Waals surface area contributed by atoms with Crippen molar-refractivity contribution in [2.24, 2.45) is 0 Å². The highest BCUT2D eigenvalue weighted by Gasteiger charge is 2.20. The van der Waals surface area contributed by atoms with E-state index in [-0.39, 0.29) is 0 Å². The molecule has 0 aliphatic carbocycles. The molecule has 0 spiro atoms. The van der Waals surface area contributed by atoms with Crippen molar-refractivity contribution in [1.29, 1.82) is 0 Å². The summed E-state index contributed by atoms with van der Waals surface area (Å²) < 4.78 is 2.64. The maximum absolute atomic E-state index is 2.35. The van der Waals surface area contributed by atoms with E-state index in [9.17, 15) is 0 Å². The number of unbranched alkanes of at least 4 members (excludes halogenated alkanes) is 4. The third-order valence-corrected chi connectivity index (χ3v) is 6.29. The van der Waals surface area contributed by atoms with Crippen LogP contribution in [-0.4, -0.2) is 61.3 Å². The van der Waals surface area contributed by atoms with Crippen molar-refractivity contribution in [1.82, 2.24) is 0 Å². The van der Waals surface area contributed by atoms with Crippen LogP contribution in [0.15, 0.2) is 0 Å². The van der Waals surface area contributed by atoms with Gasteiger partial charge in [-0.25, -0.2) is 0 Å². The Hall–Kier alpha value is -0.0800. The van der Waals surface area contributed by atoms with Crippen LogP contribution in [0.4, 0.5) is 0 Å². The van der Waals surface area contributed by atoms with Crippen molar-refractivity contribution in [2.75, 3.05) is 52.4 Å². The monoisotopic (exact) mass is 300 g/mol. The van der Waals surface area contributed by atoms with Gasteiger partial charge in [0.05, 0.1) is 52.4 Å². The predicted molar refractivity (Wildman–Crippen MR) is 96.6 cm³/mol. The smallest absolute Gasteiger partial charge is 0.0786 e. The minimum Gasteiger partial charge on any atom is -0.324 e. The molecular formula is C19H44N2+2. The lowest BCUT2D eigenvalue weighted by Gasteiger charge is -2.36. The fraction of sp³-hybridized carbons (Fsp3) is 1.00. The van der Waals surface area contributed by atoms with E-state index in [0.717, 1.165) is 0 Å². The molecule has 0 rings (SSSR count). The first-order valence-electron chi connectivity index (χ1n) is 9.77. The maximum Gasteiger partial charge on any atom is 0.0786 e. The van der Waals surface area contributed by atoms with Crippen molar-refractivity contribution in [2.45, 2.75) is 73.6 Å². The molecule has 2 nitrogen and oxygen atoms in total. The third kappa shape index (κ3) is 7.15. The Morgan fingerprint density at radius 3 is 0.857 bits per heavy atom. The molecule has 21 heavy (non-hydrogen) atoms. The van der Waals surface area contributed by atoms with Crippen LogP contribution in [0.5, 0.6) is 0 Å². The molecule has 128 valence electrons. The summed E-state index contributed by atoms with van der Waals surface area (Å²) in [6.07, 6.45) is 7.15. The molecule has 0 saturated carbocycles. The molecule has 0 aliphatic rings. The molecule has 0 amide bonds. The Labute approximate surface area is 135 Å². The van der Waals surface area contributed by atoms with E-state index in [1.807, 2.05) is 0 Å². The van der Waals surface area contributed by atoms with Gasteiger partial charge in [-0.3, -0.25) is 0 Å². The molecule has 0 aromatic rings. The van der Waals surface area contributed by atoms with Crippen LogP contribution in [0.1, 0.15) is 73.6 Å². The third-order valence-electron chi connectivity index (χ3n) is 6.29. The Bertz CT molecular complexity index is 189. The molecule has 0 aromatic heterocycles. The van der Waals surface area contributed by atoms with E-state index in [1.54, 1.807) is 0 Å². The summed E-state index contributed by atoms with van der Waals surface area (Å²) in [5, 5.41) is 0. The molecule has 0 atom stereocenters. The summed E-state index contributed by atoms with van der Waals surface area (Å²) in [4.78, 5) is 0. The average Bonchev–Trinajstić information content (AvgIpc) is 2.55. The van der Waals surface area contributed by atoms with Gasteiger partial charge >= 0.3 is 0 Å². The van der Waals surface area contributed by atoms with Gasteiger partial charge in [0.25, 0.3) is 0 Å². The number of hydrogen-bond acceptors (Lipinski definition) is 0. The second kappa shape index (κ2) is 11.5. The van der Waals surface area contributed by atoms with Crippen molar-refractivity contribution in [3.05, 3.63) is 0 Å². The number of quaternary nitrogens is 2. The summed E-state index contributed by atoms with van der Waals surface area (Å²) in [6, 6.07) is 0. The molecule has 0 saturated heterocycles. The fourth-order valence-corrected chi connectivity index (χ4v) is 3.72. The molecule has 0 fully saturated rings. The Kier molecular flexibility index (Phi) is 11.4. The van der Waals surface area contributed by atoms with Crippen LogP contribution in [0.25, 0.3) is 0 Å². The van der Waals surface area contributed by atoms with Crippen LogP contribution >= 0.6 is 0 Å². The van der Waals surface area contributed by atoms with Crippen LogP contribution in [0, 0.1) is 0 Å². The lowest BCUT2D eigenvalue weighted by molar-refractivity contribution is -0.923. The normalized spacial score (nSPS) is 12.9. The van der Waals surface area contributed by atoms with Gasteiger partial charge in [-0.05, 0) is 67.2 Å². The van der Waals surface area contributed by atoms with Crippen LogP contribution in [0.3, 0.4) is 0 Å². The van der Waals surface area contributed by atoms with Crippen LogP contribution < -0.4 is 0 Å². The molecular weight excluding hydrogens is 256 g/mol. The standard InChI is InChI=1S/C19H44N2/c1-7-20(8-2,9-3)18-16-14-13-15-17-19-21(10-4,11-5)12-6/h7-19H2,1-6H3/q+2. The van der Waals surface area contributed by atoms with Crippen molar-refractivity contribution < 1.29 is 8.97 Å². The number of nitrogens with zero attached hydrogens (tertiary/aromatic N) is 2. The topological polar surface area (TPSA) is 0 Å². The summed E-state index contributed by atoms with van der Waals surface area (Å²) in [6.45, 7) is 24.7. The predicted octanol–water partition coefficient (Wildman–Crippen LogP) is 4.69. The molecule has 0 radical (unpaired) electrons. The average molecular weight is 301 g/mol. The molecule has 0 aromatic carbocycles. The van der Waals surface area contributed by atoms with E-state index in [1.165, 1.54) is 93.4 Å². The lowest BCUT2D eigenvalue weighted by Crippen LogP contribution is -2.48. The van der Waals surface area contributed by atoms with Gasteiger partial charge in [-0.15, -0.1) is 0 Å². The highest BCUT2D eigenvalue weighted by atomic mass is 15.3. The lowest BCUT2D eigenvalue weighted by atomic mass is 10.1. The quantitative estimate of drug-likeness (QED) is 0.322. The minimum atomic E-state index is 1.30. The van der Waals surface area contributed by atoms with Crippen molar-refractivity contribution in [3.8, 4) is 0 Å². The molecule has 2 heteroatoms. The first-order valence-corrected chi connectivity index (χ1v) is 9.77. The molecule has 0 unspecified atom stereocenters. The first kappa shape index (κ1) is 20.9. The number of hydrogen-bond donors (Lipinski definition) is 0. The zero-order chi connectivity index (χ0) is 16.2. The SMILES string of the molecule is CC[N+](CC)(CC)CCCCCCC[N+](CC)(CC)CC. The molecule has 0 N–H and O–H groups in total. The van der Waals surface area contributed by atoms with Gasteiger partial charge in [-0.2, -0.15) is 0 Å². The van der Waals surface area contributed by atoms with Crippen LogP contribution in [-0.2, 0) is 0 Å². The molecule has 0 heterocycles. The first-order chi connectivity index (χ1) is 10.1. The van der Waals surface area contributed by atoms with Gasteiger partial charge < -0.3 is 8.97 Å². The number of rotatable bonds is 14. The maximum atomic E-state index is 2.35. The van der Waals surface area contributed by atoms with E-state index >= 15 is 0 Å². The van der Waals surface area contributed by atoms with Gasteiger partial charge in [0, 0.05) is 0 Å². The Morgan fingerprint density at radius 2 is 0.619 bits per heavy atom. The van der Waals surface area contributed by atoms with Gasteiger partial charge in [0.1, 0.15) is 0 Å². The zero-order valence-corrected chi connectivity index (χ0v) is 16.1. The summed E-state index contributed by atoms with van der Waals surface area (Å²) in [5.74, 6) is 0. The van der Waals surface area contributed by atoms with E-state index in [0.29, 0.717) is 0 Å². The van der Waals surface area contributed by atoms with Gasteiger partial charge in [-0.1, -0.05) is 6.42 Å². The van der Waals surface area contributed by atoms with E-state index in [2.05, 4.69) is 41.5 Å².